The predicted molar refractivity (Wildman–Crippen MR) is 82.9 cm³/mol. The summed E-state index contributed by atoms with van der Waals surface area (Å²) >= 11 is 0. The third-order valence-corrected chi connectivity index (χ3v) is 3.63. The molecule has 0 radical (unpaired) electrons. The molecule has 1 heterocycles. The van der Waals surface area contributed by atoms with Gasteiger partial charge in [0.2, 0.25) is 5.91 Å². The molecule has 1 aliphatic carbocycles. The SMILES string of the molecule is CC(C)Cn1cc(NC(=O)C[C@@H]2CCC[C@H]2N)cn1.Cl. The molecule has 1 aromatic rings. The Balaban J connectivity index is 0.00000200. The molecule has 2 atom stereocenters. The van der Waals surface area contributed by atoms with Crippen molar-refractivity contribution in [2.24, 2.45) is 17.6 Å². The molecule has 114 valence electrons. The molecule has 0 aromatic carbocycles. The fraction of sp³-hybridized carbons (Fsp3) is 0.714. The van der Waals surface area contributed by atoms with E-state index in [1.54, 1.807) is 6.20 Å². The highest BCUT2D eigenvalue weighted by Gasteiger charge is 2.26. The number of hydrogen-bond donors (Lipinski definition) is 2. The zero-order valence-corrected chi connectivity index (χ0v) is 13.0. The van der Waals surface area contributed by atoms with Crippen molar-refractivity contribution in [3.63, 3.8) is 0 Å². The number of amides is 1. The van der Waals surface area contributed by atoms with Crippen LogP contribution in [0.3, 0.4) is 0 Å². The molecule has 0 saturated heterocycles. The highest BCUT2D eigenvalue weighted by Crippen LogP contribution is 2.27. The molecule has 0 aliphatic heterocycles. The normalized spacial score (nSPS) is 21.8. The summed E-state index contributed by atoms with van der Waals surface area (Å²) in [5.41, 5.74) is 6.76. The number of nitrogens with two attached hydrogens (primary N) is 1. The van der Waals surface area contributed by atoms with Crippen LogP contribution in [0.2, 0.25) is 0 Å². The van der Waals surface area contributed by atoms with Gasteiger partial charge in [-0.2, -0.15) is 5.10 Å². The van der Waals surface area contributed by atoms with Crippen LogP contribution in [0.25, 0.3) is 0 Å². The number of hydrogen-bond acceptors (Lipinski definition) is 3. The van der Waals surface area contributed by atoms with E-state index in [-0.39, 0.29) is 24.4 Å². The minimum absolute atomic E-state index is 0. The van der Waals surface area contributed by atoms with Crippen LogP contribution in [0.15, 0.2) is 12.4 Å². The van der Waals surface area contributed by atoms with Crippen molar-refractivity contribution in [1.82, 2.24) is 9.78 Å². The van der Waals surface area contributed by atoms with Crippen molar-refractivity contribution in [2.45, 2.75) is 52.1 Å². The van der Waals surface area contributed by atoms with E-state index in [4.69, 9.17) is 5.73 Å². The van der Waals surface area contributed by atoms with Crippen LogP contribution in [0.1, 0.15) is 39.5 Å². The zero-order chi connectivity index (χ0) is 13.8. The Bertz CT molecular complexity index is 433. The monoisotopic (exact) mass is 300 g/mol. The van der Waals surface area contributed by atoms with Gasteiger partial charge in [0.05, 0.1) is 11.9 Å². The third kappa shape index (κ3) is 4.80. The minimum atomic E-state index is 0. The van der Waals surface area contributed by atoms with Gasteiger partial charge in [-0.25, -0.2) is 0 Å². The van der Waals surface area contributed by atoms with Crippen molar-refractivity contribution < 1.29 is 4.79 Å². The first-order valence-electron chi connectivity index (χ1n) is 7.12. The molecule has 1 fully saturated rings. The third-order valence-electron chi connectivity index (χ3n) is 3.63. The topological polar surface area (TPSA) is 72.9 Å². The molecular formula is C14H25ClN4O. The lowest BCUT2D eigenvalue weighted by Crippen LogP contribution is -2.28. The van der Waals surface area contributed by atoms with Crippen LogP contribution in [0.5, 0.6) is 0 Å². The molecule has 0 bridgehead atoms. The Kier molecular flexibility index (Phi) is 6.49. The van der Waals surface area contributed by atoms with Crippen LogP contribution < -0.4 is 11.1 Å². The summed E-state index contributed by atoms with van der Waals surface area (Å²) in [6, 6.07) is 0.189. The van der Waals surface area contributed by atoms with Crippen LogP contribution in [0, 0.1) is 11.8 Å². The van der Waals surface area contributed by atoms with E-state index in [1.807, 2.05) is 10.9 Å². The zero-order valence-electron chi connectivity index (χ0n) is 12.2. The number of nitrogens with one attached hydrogen (secondary N) is 1. The quantitative estimate of drug-likeness (QED) is 0.877. The summed E-state index contributed by atoms with van der Waals surface area (Å²) in [5, 5.41) is 7.14. The number of aromatic nitrogens is 2. The second kappa shape index (κ2) is 7.64. The molecule has 3 N–H and O–H groups in total. The molecule has 6 heteroatoms. The van der Waals surface area contributed by atoms with Gasteiger partial charge in [-0.15, -0.1) is 12.4 Å². The number of nitrogens with zero attached hydrogens (tertiary/aromatic N) is 2. The Morgan fingerprint density at radius 3 is 2.90 bits per heavy atom. The van der Waals surface area contributed by atoms with E-state index in [1.165, 1.54) is 0 Å². The highest BCUT2D eigenvalue weighted by atomic mass is 35.5. The molecule has 1 amide bonds. The lowest BCUT2D eigenvalue weighted by Gasteiger charge is -2.14. The number of anilines is 1. The van der Waals surface area contributed by atoms with Gasteiger partial charge >= 0.3 is 0 Å². The Hall–Kier alpha value is -1.07. The fourth-order valence-electron chi connectivity index (χ4n) is 2.67. The molecule has 0 spiro atoms. The van der Waals surface area contributed by atoms with Crippen molar-refractivity contribution in [1.29, 1.82) is 0 Å². The lowest BCUT2D eigenvalue weighted by atomic mass is 10.00. The van der Waals surface area contributed by atoms with Gasteiger partial charge in [-0.05, 0) is 24.7 Å². The average molecular weight is 301 g/mol. The van der Waals surface area contributed by atoms with Crippen LogP contribution in [-0.4, -0.2) is 21.7 Å². The van der Waals surface area contributed by atoms with E-state index >= 15 is 0 Å². The summed E-state index contributed by atoms with van der Waals surface area (Å²) in [5.74, 6) is 0.928. The Morgan fingerprint density at radius 1 is 1.55 bits per heavy atom. The Morgan fingerprint density at radius 2 is 2.30 bits per heavy atom. The van der Waals surface area contributed by atoms with Crippen LogP contribution in [0.4, 0.5) is 5.69 Å². The van der Waals surface area contributed by atoms with Crippen molar-refractivity contribution in [2.75, 3.05) is 5.32 Å². The molecule has 5 nitrogen and oxygen atoms in total. The summed E-state index contributed by atoms with van der Waals surface area (Å²) in [7, 11) is 0. The van der Waals surface area contributed by atoms with Gasteiger partial charge in [-0.1, -0.05) is 20.3 Å². The summed E-state index contributed by atoms with van der Waals surface area (Å²) in [4.78, 5) is 11.9. The van der Waals surface area contributed by atoms with E-state index in [9.17, 15) is 4.79 Å². The molecular weight excluding hydrogens is 276 g/mol. The largest absolute Gasteiger partial charge is 0.327 e. The lowest BCUT2D eigenvalue weighted by molar-refractivity contribution is -0.117. The number of halogens is 1. The van der Waals surface area contributed by atoms with Gasteiger partial charge in [0.25, 0.3) is 0 Å². The van der Waals surface area contributed by atoms with Crippen molar-refractivity contribution in [3.8, 4) is 0 Å². The first-order chi connectivity index (χ1) is 9.04. The van der Waals surface area contributed by atoms with E-state index < -0.39 is 0 Å². The first kappa shape index (κ1) is 17.0. The van der Waals surface area contributed by atoms with E-state index in [0.717, 1.165) is 31.5 Å². The molecule has 0 unspecified atom stereocenters. The number of carbonyl (C=O) groups excluding carboxylic acids is 1. The fourth-order valence-corrected chi connectivity index (χ4v) is 2.67. The van der Waals surface area contributed by atoms with Crippen molar-refractivity contribution >= 4 is 24.0 Å². The maximum atomic E-state index is 11.9. The number of carbonyl (C=O) groups is 1. The van der Waals surface area contributed by atoms with Crippen molar-refractivity contribution in [3.05, 3.63) is 12.4 Å². The summed E-state index contributed by atoms with van der Waals surface area (Å²) < 4.78 is 1.86. The standard InChI is InChI=1S/C14H24N4O.ClH/c1-10(2)8-18-9-12(7-16-18)17-14(19)6-11-4-3-5-13(11)15;/h7,9-11,13H,3-6,8,15H2,1-2H3,(H,17,19);1H/t11-,13+;/m0./s1. The molecule has 20 heavy (non-hydrogen) atoms. The van der Waals surface area contributed by atoms with Gasteiger partial charge in [0.1, 0.15) is 0 Å². The highest BCUT2D eigenvalue weighted by molar-refractivity contribution is 5.90. The van der Waals surface area contributed by atoms with Gasteiger partial charge in [-0.3, -0.25) is 9.48 Å². The molecule has 1 saturated carbocycles. The maximum absolute atomic E-state index is 11.9. The summed E-state index contributed by atoms with van der Waals surface area (Å²) in [6.45, 7) is 5.15. The van der Waals surface area contributed by atoms with E-state index in [2.05, 4.69) is 24.3 Å². The Labute approximate surface area is 126 Å². The number of rotatable bonds is 5. The second-order valence-corrected chi connectivity index (χ2v) is 5.95. The average Bonchev–Trinajstić information content (AvgIpc) is 2.89. The first-order valence-corrected chi connectivity index (χ1v) is 7.12. The minimum Gasteiger partial charge on any atom is -0.327 e. The summed E-state index contributed by atoms with van der Waals surface area (Å²) in [6.07, 6.45) is 7.37. The van der Waals surface area contributed by atoms with Gasteiger partial charge in [0.15, 0.2) is 0 Å². The van der Waals surface area contributed by atoms with E-state index in [0.29, 0.717) is 18.3 Å². The smallest absolute Gasteiger partial charge is 0.224 e. The molecule has 2 rings (SSSR count). The predicted octanol–water partition coefficient (Wildman–Crippen LogP) is 2.42. The second-order valence-electron chi connectivity index (χ2n) is 5.95. The molecule has 1 aromatic heterocycles. The molecule has 1 aliphatic rings. The van der Waals surface area contributed by atoms with Gasteiger partial charge < -0.3 is 11.1 Å². The van der Waals surface area contributed by atoms with Crippen LogP contribution >= 0.6 is 12.4 Å². The van der Waals surface area contributed by atoms with Crippen LogP contribution in [-0.2, 0) is 11.3 Å². The maximum Gasteiger partial charge on any atom is 0.224 e. The van der Waals surface area contributed by atoms with Gasteiger partial charge in [0, 0.05) is 25.2 Å².